The van der Waals surface area contributed by atoms with Gasteiger partial charge in [-0.15, -0.1) is 0 Å². The molecule has 18 nitrogen and oxygen atoms in total. The molecule has 0 N–H and O–H groups in total. The van der Waals surface area contributed by atoms with Crippen LogP contribution < -0.4 is 56.8 Å². The number of rotatable bonds is 18. The van der Waals surface area contributed by atoms with Gasteiger partial charge in [0.15, 0.2) is 34.5 Å². The van der Waals surface area contributed by atoms with Crippen molar-refractivity contribution in [3.05, 3.63) is 249 Å². The van der Waals surface area contributed by atoms with E-state index in [1.807, 2.05) is 0 Å². The third-order valence-corrected chi connectivity index (χ3v) is 16.4. The second-order valence-electron chi connectivity index (χ2n) is 21.7. The Balaban J connectivity index is 1.00. The van der Waals surface area contributed by atoms with Crippen molar-refractivity contribution in [3.8, 4) is 102 Å². The molecule has 0 saturated carbocycles. The minimum atomic E-state index is -0.758. The van der Waals surface area contributed by atoms with Crippen LogP contribution in [-0.2, 0) is 19.3 Å². The lowest BCUT2D eigenvalue weighted by Gasteiger charge is -2.18. The Labute approximate surface area is 532 Å². The quantitative estimate of drug-likeness (QED) is 0.0577. The molecule has 0 fully saturated rings. The summed E-state index contributed by atoms with van der Waals surface area (Å²) in [4.78, 5) is 85.2. The van der Waals surface area contributed by atoms with Crippen LogP contribution in [0, 0.1) is 0 Å². The van der Waals surface area contributed by atoms with Gasteiger partial charge < -0.3 is 56.8 Å². The maximum Gasteiger partial charge on any atom is 0.343 e. The highest BCUT2D eigenvalue weighted by molar-refractivity contribution is 6.04. The molecule has 462 valence electrons. The van der Waals surface area contributed by atoms with E-state index in [4.69, 9.17) is 56.8 Å². The maximum absolute atomic E-state index is 14.3. The number of benzene rings is 10. The van der Waals surface area contributed by atoms with Crippen molar-refractivity contribution >= 4 is 35.8 Å². The predicted molar refractivity (Wildman–Crippen MR) is 339 cm³/mol. The van der Waals surface area contributed by atoms with E-state index < -0.39 is 35.8 Å². The summed E-state index contributed by atoms with van der Waals surface area (Å²) in [7, 11) is 9.06. The number of hydrogen-bond acceptors (Lipinski definition) is 18. The molecule has 0 atom stereocenters. The van der Waals surface area contributed by atoms with E-state index in [0.717, 1.165) is 33.4 Å². The molecule has 0 aliphatic heterocycles. The Morgan fingerprint density at radius 3 is 0.559 bits per heavy atom. The van der Waals surface area contributed by atoms with Gasteiger partial charge in [-0.2, -0.15) is 0 Å². The van der Waals surface area contributed by atoms with Gasteiger partial charge in [0.2, 0.25) is 0 Å². The van der Waals surface area contributed by atoms with Crippen LogP contribution in [0.15, 0.2) is 182 Å². The van der Waals surface area contributed by atoms with Crippen molar-refractivity contribution in [2.24, 2.45) is 0 Å². The molecule has 3 aliphatic carbocycles. The van der Waals surface area contributed by atoms with Gasteiger partial charge >= 0.3 is 35.8 Å². The molecule has 0 bridgehead atoms. The summed E-state index contributed by atoms with van der Waals surface area (Å²) in [6, 6.07) is 48.2. The zero-order valence-electron chi connectivity index (χ0n) is 50.8. The van der Waals surface area contributed by atoms with Gasteiger partial charge in [-0.1, -0.05) is 0 Å². The van der Waals surface area contributed by atoms with Gasteiger partial charge in [0.25, 0.3) is 0 Å². The van der Waals surface area contributed by atoms with Crippen LogP contribution in [0.5, 0.6) is 69.0 Å². The van der Waals surface area contributed by atoms with Crippen molar-refractivity contribution in [2.75, 3.05) is 42.7 Å². The second kappa shape index (κ2) is 25.0. The molecule has 3 aliphatic rings. The maximum atomic E-state index is 14.3. The normalized spacial score (nSPS) is 11.7. The van der Waals surface area contributed by atoms with Gasteiger partial charge in [0, 0.05) is 0 Å². The van der Waals surface area contributed by atoms with E-state index in [1.165, 1.54) is 42.7 Å². The second-order valence-corrected chi connectivity index (χ2v) is 21.7. The molecule has 0 heterocycles. The minimum absolute atomic E-state index is 0.0519. The molecular weight excluding hydrogens is 1190 g/mol. The summed E-state index contributed by atoms with van der Waals surface area (Å²) in [6.45, 7) is 0. The van der Waals surface area contributed by atoms with Gasteiger partial charge in [-0.05, 0) is 268 Å². The van der Waals surface area contributed by atoms with E-state index in [-0.39, 0.29) is 87.1 Å². The highest BCUT2D eigenvalue weighted by Gasteiger charge is 2.40. The van der Waals surface area contributed by atoms with E-state index >= 15 is 0 Å². The summed E-state index contributed by atoms with van der Waals surface area (Å²) in [5, 5.41) is 0. The zero-order valence-corrected chi connectivity index (χ0v) is 50.8. The highest BCUT2D eigenvalue weighted by atomic mass is 16.6. The van der Waals surface area contributed by atoms with Crippen LogP contribution in [0.1, 0.15) is 95.5 Å². The van der Waals surface area contributed by atoms with Crippen LogP contribution in [0.25, 0.3) is 33.4 Å². The molecular formula is C75H54O18. The largest absolute Gasteiger partial charge is 0.497 e. The fourth-order valence-corrected chi connectivity index (χ4v) is 11.7. The lowest BCUT2D eigenvalue weighted by atomic mass is 9.86. The Bertz CT molecular complexity index is 4170. The van der Waals surface area contributed by atoms with Crippen LogP contribution in [0.4, 0.5) is 0 Å². The smallest absolute Gasteiger partial charge is 0.343 e. The lowest BCUT2D eigenvalue weighted by molar-refractivity contribution is 0.0682. The topological polar surface area (TPSA) is 213 Å². The summed E-state index contributed by atoms with van der Waals surface area (Å²) in [5.74, 6) is -1.80. The van der Waals surface area contributed by atoms with E-state index in [2.05, 4.69) is 0 Å². The van der Waals surface area contributed by atoms with Crippen molar-refractivity contribution in [1.82, 2.24) is 0 Å². The first-order valence-electron chi connectivity index (χ1n) is 29.1. The molecule has 0 radical (unpaired) electrons. The number of methoxy groups -OCH3 is 6. The van der Waals surface area contributed by atoms with E-state index in [9.17, 15) is 28.8 Å². The zero-order chi connectivity index (χ0) is 64.6. The van der Waals surface area contributed by atoms with Crippen molar-refractivity contribution in [1.29, 1.82) is 0 Å². The molecule has 0 saturated heterocycles. The molecule has 10 aromatic carbocycles. The summed E-state index contributed by atoms with van der Waals surface area (Å²) in [5.41, 5.74) is 9.68. The molecule has 13 rings (SSSR count). The number of carbonyl (C=O) groups excluding carboxylic acids is 6. The third kappa shape index (κ3) is 11.6. The molecule has 0 amide bonds. The van der Waals surface area contributed by atoms with Crippen LogP contribution in [0.2, 0.25) is 0 Å². The van der Waals surface area contributed by atoms with Crippen LogP contribution in [-0.4, -0.2) is 78.5 Å². The molecule has 93 heavy (non-hydrogen) atoms. The first kappa shape index (κ1) is 59.8. The first-order valence-corrected chi connectivity index (χ1v) is 29.1. The molecule has 10 aromatic rings. The molecule has 0 aromatic heterocycles. The average molecular weight is 1240 g/mol. The summed E-state index contributed by atoms with van der Waals surface area (Å²) in [6.07, 6.45) is 0.710. The highest BCUT2D eigenvalue weighted by Crippen LogP contribution is 2.59. The number of ether oxygens (including phenoxy) is 12. The third-order valence-electron chi connectivity index (χ3n) is 16.4. The van der Waals surface area contributed by atoms with Gasteiger partial charge in [0.1, 0.15) is 34.5 Å². The fraction of sp³-hybridized carbons (Fsp3) is 0.120. The van der Waals surface area contributed by atoms with Crippen molar-refractivity contribution in [2.45, 2.75) is 19.3 Å². The van der Waals surface area contributed by atoms with Gasteiger partial charge in [-0.3, -0.25) is 0 Å². The summed E-state index contributed by atoms with van der Waals surface area (Å²) >= 11 is 0. The molecule has 18 heteroatoms. The Kier molecular flexibility index (Phi) is 16.1. The molecule has 0 spiro atoms. The van der Waals surface area contributed by atoms with Crippen LogP contribution >= 0.6 is 0 Å². The lowest BCUT2D eigenvalue weighted by Crippen LogP contribution is -2.13. The standard InChI is InChI=1S/C75H54O18/c1-82-49-19-7-40(8-20-49)70(76)88-61-34-46-31-58-67(55(46)37-64(61)91-73(79)43-13-25-52(85-4)26-14-43)59-32-47-35-62(89-71(77)41-9-21-50(83-2)22-10-41)66(93-75(81)45-17-29-54(87-6)30-18-45)39-57(47)69(59)60-33-48-36-63(90-72(78)42-11-23-51(84-3)24-12-42)65(38-56(48)68(58)60)92-74(80)44-15-27-53(86-5)28-16-44/h7-30,34-39H,31-33H2,1-6H3. The molecule has 0 unspecified atom stereocenters. The Morgan fingerprint density at radius 2 is 0.398 bits per heavy atom. The van der Waals surface area contributed by atoms with Gasteiger partial charge in [0.05, 0.1) is 76.0 Å². The SMILES string of the molecule is COc1ccc(C(=O)Oc2cc3c(cc2OC(=O)c2ccc(OC)cc2)-c2c(c4c(c5c2Cc2cc(OC(=O)c6ccc(OC)cc6)c(OC(=O)c6ccc(OC)cc6)cc2-5)Cc2cc(OC(=O)c5ccc(OC)cc5)c(OC(=O)c5ccc(OC)cc5)cc2-4)C3)cc1. The monoisotopic (exact) mass is 1240 g/mol. The van der Waals surface area contributed by atoms with Crippen molar-refractivity contribution in [3.63, 3.8) is 0 Å². The Hall–Kier alpha value is -12.2. The predicted octanol–water partition coefficient (Wildman–Crippen LogP) is 13.8. The van der Waals surface area contributed by atoms with Gasteiger partial charge in [-0.25, -0.2) is 28.8 Å². The minimum Gasteiger partial charge on any atom is -0.497 e. The first-order chi connectivity index (χ1) is 45.2. The Morgan fingerprint density at radius 1 is 0.237 bits per heavy atom. The van der Waals surface area contributed by atoms with Crippen LogP contribution in [0.3, 0.4) is 0 Å². The van der Waals surface area contributed by atoms with E-state index in [0.29, 0.717) is 67.9 Å². The number of fused-ring (bicyclic) bond motifs is 12. The number of esters is 6. The summed E-state index contributed by atoms with van der Waals surface area (Å²) < 4.78 is 69.4. The fourth-order valence-electron chi connectivity index (χ4n) is 11.7. The average Bonchev–Trinajstić information content (AvgIpc) is 1.54. The number of carbonyl (C=O) groups is 6. The van der Waals surface area contributed by atoms with Crippen molar-refractivity contribution < 1.29 is 85.6 Å². The van der Waals surface area contributed by atoms with E-state index in [1.54, 1.807) is 182 Å². The number of hydrogen-bond donors (Lipinski definition) is 0.